The molecule has 3 nitrogen and oxygen atoms in total. The van der Waals surface area contributed by atoms with Crippen LogP contribution in [0.4, 0.5) is 0 Å². The summed E-state index contributed by atoms with van der Waals surface area (Å²) in [4.78, 5) is 12.3. The van der Waals surface area contributed by atoms with E-state index in [4.69, 9.17) is 0 Å². The molecular weight excluding hydrogens is 212 g/mol. The minimum Gasteiger partial charge on any atom is -0.353 e. The summed E-state index contributed by atoms with van der Waals surface area (Å²) in [6.45, 7) is 12.7. The molecule has 0 aromatic rings. The van der Waals surface area contributed by atoms with E-state index >= 15 is 0 Å². The lowest BCUT2D eigenvalue weighted by Gasteiger charge is -2.34. The van der Waals surface area contributed by atoms with Crippen LogP contribution in [0.3, 0.4) is 0 Å². The predicted octanol–water partition coefficient (Wildman–Crippen LogP) is 2.17. The third-order valence-corrected chi connectivity index (χ3v) is 3.64. The lowest BCUT2D eigenvalue weighted by molar-refractivity contribution is -0.131. The van der Waals surface area contributed by atoms with Gasteiger partial charge in [-0.2, -0.15) is 0 Å². The summed E-state index contributed by atoms with van der Waals surface area (Å²) in [6.07, 6.45) is 1.99. The monoisotopic (exact) mass is 240 g/mol. The van der Waals surface area contributed by atoms with Crippen LogP contribution in [0.15, 0.2) is 0 Å². The van der Waals surface area contributed by atoms with Gasteiger partial charge in [-0.1, -0.05) is 34.6 Å². The van der Waals surface area contributed by atoms with Crippen LogP contribution in [-0.4, -0.2) is 25.0 Å². The van der Waals surface area contributed by atoms with Crippen molar-refractivity contribution in [1.82, 2.24) is 10.6 Å². The van der Waals surface area contributed by atoms with Crippen LogP contribution in [-0.2, 0) is 4.79 Å². The lowest BCUT2D eigenvalue weighted by Crippen LogP contribution is -2.51. The molecule has 0 radical (unpaired) electrons. The molecule has 1 rings (SSSR count). The fraction of sp³-hybridized carbons (Fsp3) is 0.929. The minimum absolute atomic E-state index is 0.213. The van der Waals surface area contributed by atoms with Crippen LogP contribution >= 0.6 is 0 Å². The van der Waals surface area contributed by atoms with E-state index in [1.807, 2.05) is 13.8 Å². The number of carbonyl (C=O) groups is 1. The molecule has 1 fully saturated rings. The maximum absolute atomic E-state index is 12.3. The van der Waals surface area contributed by atoms with Crippen molar-refractivity contribution in [3.8, 4) is 0 Å². The molecular formula is C14H28N2O. The van der Waals surface area contributed by atoms with Gasteiger partial charge in [0.25, 0.3) is 0 Å². The first-order chi connectivity index (χ1) is 7.83. The van der Waals surface area contributed by atoms with E-state index in [1.165, 1.54) is 0 Å². The van der Waals surface area contributed by atoms with Gasteiger partial charge in [0.15, 0.2) is 0 Å². The first-order valence-corrected chi connectivity index (χ1v) is 6.84. The zero-order valence-corrected chi connectivity index (χ0v) is 12.0. The standard InChI is InChI=1S/C14H28N2O/c1-10(2)8-14(4,5)13(17)16-12-6-7-15-9-11(12)3/h10-12,15H,6-9H2,1-5H3,(H,16,17). The lowest BCUT2D eigenvalue weighted by atomic mass is 9.82. The molecule has 2 N–H and O–H groups in total. The van der Waals surface area contributed by atoms with Gasteiger partial charge in [0.1, 0.15) is 0 Å². The van der Waals surface area contributed by atoms with Crippen molar-refractivity contribution in [2.24, 2.45) is 17.3 Å². The van der Waals surface area contributed by atoms with Crippen molar-refractivity contribution >= 4 is 5.91 Å². The van der Waals surface area contributed by atoms with Crippen molar-refractivity contribution in [2.75, 3.05) is 13.1 Å². The summed E-state index contributed by atoms with van der Waals surface area (Å²) in [5.74, 6) is 1.30. The predicted molar refractivity (Wildman–Crippen MR) is 71.8 cm³/mol. The second kappa shape index (κ2) is 5.85. The smallest absolute Gasteiger partial charge is 0.225 e. The molecule has 0 saturated carbocycles. The number of hydrogen-bond acceptors (Lipinski definition) is 2. The first kappa shape index (κ1) is 14.5. The molecule has 3 heteroatoms. The molecule has 1 amide bonds. The van der Waals surface area contributed by atoms with Gasteiger partial charge in [-0.15, -0.1) is 0 Å². The van der Waals surface area contributed by atoms with Crippen molar-refractivity contribution < 1.29 is 4.79 Å². The molecule has 1 heterocycles. The maximum atomic E-state index is 12.3. The van der Waals surface area contributed by atoms with Crippen molar-refractivity contribution in [3.63, 3.8) is 0 Å². The summed E-state index contributed by atoms with van der Waals surface area (Å²) in [7, 11) is 0. The number of nitrogens with one attached hydrogen (secondary N) is 2. The molecule has 0 bridgehead atoms. The van der Waals surface area contributed by atoms with E-state index in [-0.39, 0.29) is 11.3 Å². The quantitative estimate of drug-likeness (QED) is 0.791. The highest BCUT2D eigenvalue weighted by molar-refractivity contribution is 5.82. The van der Waals surface area contributed by atoms with E-state index in [2.05, 4.69) is 31.4 Å². The Labute approximate surface area is 106 Å². The number of rotatable bonds is 4. The average Bonchev–Trinajstić information content (AvgIpc) is 2.19. The van der Waals surface area contributed by atoms with Gasteiger partial charge in [-0.25, -0.2) is 0 Å². The van der Waals surface area contributed by atoms with E-state index < -0.39 is 0 Å². The Morgan fingerprint density at radius 3 is 2.65 bits per heavy atom. The zero-order valence-electron chi connectivity index (χ0n) is 12.0. The van der Waals surface area contributed by atoms with Gasteiger partial charge in [0, 0.05) is 11.5 Å². The largest absolute Gasteiger partial charge is 0.353 e. The van der Waals surface area contributed by atoms with E-state index in [9.17, 15) is 4.79 Å². The molecule has 1 aliphatic heterocycles. The van der Waals surface area contributed by atoms with Crippen LogP contribution in [0.1, 0.15) is 47.5 Å². The molecule has 1 saturated heterocycles. The Kier molecular flexibility index (Phi) is 4.99. The van der Waals surface area contributed by atoms with Crippen molar-refractivity contribution in [3.05, 3.63) is 0 Å². The normalized spacial score (nSPS) is 26.0. The molecule has 17 heavy (non-hydrogen) atoms. The molecule has 0 aliphatic carbocycles. The summed E-state index contributed by atoms with van der Waals surface area (Å²) in [6, 6.07) is 0.343. The maximum Gasteiger partial charge on any atom is 0.225 e. The van der Waals surface area contributed by atoms with Crippen LogP contribution in [0.25, 0.3) is 0 Å². The first-order valence-electron chi connectivity index (χ1n) is 6.84. The number of hydrogen-bond donors (Lipinski definition) is 2. The van der Waals surface area contributed by atoms with Gasteiger partial charge >= 0.3 is 0 Å². The van der Waals surface area contributed by atoms with E-state index in [0.717, 1.165) is 25.9 Å². The van der Waals surface area contributed by atoms with Gasteiger partial charge < -0.3 is 10.6 Å². The van der Waals surface area contributed by atoms with E-state index in [1.54, 1.807) is 0 Å². The summed E-state index contributed by atoms with van der Waals surface area (Å²) in [5.41, 5.74) is -0.251. The van der Waals surface area contributed by atoms with Crippen LogP contribution in [0.5, 0.6) is 0 Å². The van der Waals surface area contributed by atoms with E-state index in [0.29, 0.717) is 17.9 Å². The average molecular weight is 240 g/mol. The number of amides is 1. The fourth-order valence-corrected chi connectivity index (χ4v) is 2.71. The minimum atomic E-state index is -0.251. The second-order valence-electron chi connectivity index (χ2n) is 6.53. The zero-order chi connectivity index (χ0) is 13.1. The second-order valence-corrected chi connectivity index (χ2v) is 6.53. The molecule has 100 valence electrons. The van der Waals surface area contributed by atoms with Crippen molar-refractivity contribution in [2.45, 2.75) is 53.5 Å². The Morgan fingerprint density at radius 1 is 1.47 bits per heavy atom. The summed E-state index contributed by atoms with van der Waals surface area (Å²) in [5, 5.41) is 6.59. The summed E-state index contributed by atoms with van der Waals surface area (Å²) < 4.78 is 0. The third kappa shape index (κ3) is 4.30. The molecule has 0 aromatic carbocycles. The number of carbonyl (C=O) groups excluding carboxylic acids is 1. The van der Waals surface area contributed by atoms with Crippen LogP contribution in [0.2, 0.25) is 0 Å². The Bertz CT molecular complexity index is 261. The van der Waals surface area contributed by atoms with Crippen molar-refractivity contribution in [1.29, 1.82) is 0 Å². The highest BCUT2D eigenvalue weighted by Crippen LogP contribution is 2.26. The van der Waals surface area contributed by atoms with Gasteiger partial charge in [0.05, 0.1) is 0 Å². The summed E-state index contributed by atoms with van der Waals surface area (Å²) >= 11 is 0. The Balaban J connectivity index is 2.52. The topological polar surface area (TPSA) is 41.1 Å². The highest BCUT2D eigenvalue weighted by Gasteiger charge is 2.31. The Morgan fingerprint density at radius 2 is 2.12 bits per heavy atom. The van der Waals surface area contributed by atoms with Crippen LogP contribution in [0, 0.1) is 17.3 Å². The van der Waals surface area contributed by atoms with Gasteiger partial charge in [-0.05, 0) is 37.8 Å². The highest BCUT2D eigenvalue weighted by atomic mass is 16.2. The number of piperidine rings is 1. The SMILES string of the molecule is CC(C)CC(C)(C)C(=O)NC1CCNCC1C. The van der Waals surface area contributed by atoms with Crippen LogP contribution < -0.4 is 10.6 Å². The molecule has 2 atom stereocenters. The molecule has 1 aliphatic rings. The third-order valence-electron chi connectivity index (χ3n) is 3.64. The van der Waals surface area contributed by atoms with Gasteiger partial charge in [0.2, 0.25) is 5.91 Å². The fourth-order valence-electron chi connectivity index (χ4n) is 2.71. The molecule has 0 spiro atoms. The Hall–Kier alpha value is -0.570. The molecule has 2 unspecified atom stereocenters. The van der Waals surface area contributed by atoms with Gasteiger partial charge in [-0.3, -0.25) is 4.79 Å². The molecule has 0 aromatic heterocycles.